The average Bonchev–Trinajstić information content (AvgIpc) is 2.44. The smallest absolute Gasteiger partial charge is 0.253 e. The van der Waals surface area contributed by atoms with Crippen LogP contribution in [0.3, 0.4) is 0 Å². The van der Waals surface area contributed by atoms with Crippen LogP contribution < -0.4 is 0 Å². The van der Waals surface area contributed by atoms with Gasteiger partial charge in [-0.2, -0.15) is 0 Å². The van der Waals surface area contributed by atoms with Crippen molar-refractivity contribution in [1.82, 2.24) is 4.90 Å². The molecule has 0 aromatic heterocycles. The monoisotopic (exact) mass is 207 g/mol. The van der Waals surface area contributed by atoms with E-state index in [9.17, 15) is 9.59 Å². The van der Waals surface area contributed by atoms with Crippen LogP contribution in [0.15, 0.2) is 12.2 Å². The van der Waals surface area contributed by atoms with Gasteiger partial charge in [-0.15, -0.1) is 0 Å². The van der Waals surface area contributed by atoms with Gasteiger partial charge in [0.1, 0.15) is 0 Å². The van der Waals surface area contributed by atoms with Gasteiger partial charge in [0.2, 0.25) is 0 Å². The van der Waals surface area contributed by atoms with E-state index in [-0.39, 0.29) is 23.3 Å². The van der Waals surface area contributed by atoms with E-state index in [0.29, 0.717) is 0 Å². The zero-order valence-corrected chi connectivity index (χ0v) is 9.32. The average molecular weight is 207 g/mol. The highest BCUT2D eigenvalue weighted by Gasteiger charge is 2.37. The molecule has 1 atom stereocenters. The molecular weight excluding hydrogens is 190 g/mol. The normalized spacial score (nSPS) is 30.0. The van der Waals surface area contributed by atoms with Crippen molar-refractivity contribution in [3.8, 4) is 0 Å². The zero-order chi connectivity index (χ0) is 11.1. The van der Waals surface area contributed by atoms with Gasteiger partial charge in [0, 0.05) is 18.2 Å². The molecule has 1 aliphatic carbocycles. The maximum Gasteiger partial charge on any atom is 0.253 e. The molecule has 0 saturated heterocycles. The zero-order valence-electron chi connectivity index (χ0n) is 9.32. The minimum absolute atomic E-state index is 0.115. The van der Waals surface area contributed by atoms with Crippen LogP contribution in [0, 0.1) is 5.41 Å². The van der Waals surface area contributed by atoms with Gasteiger partial charge in [0.05, 0.1) is 0 Å². The Balaban J connectivity index is 2.11. The fourth-order valence-electron chi connectivity index (χ4n) is 2.65. The molecule has 2 rings (SSSR count). The Kier molecular flexibility index (Phi) is 2.41. The lowest BCUT2D eigenvalue weighted by Crippen LogP contribution is -2.44. The van der Waals surface area contributed by atoms with Crippen molar-refractivity contribution in [1.29, 1.82) is 0 Å². The van der Waals surface area contributed by atoms with E-state index in [1.54, 1.807) is 0 Å². The second-order valence-electron chi connectivity index (χ2n) is 5.29. The van der Waals surface area contributed by atoms with Crippen LogP contribution in [-0.2, 0) is 9.59 Å². The molecule has 0 spiro atoms. The van der Waals surface area contributed by atoms with Gasteiger partial charge in [-0.1, -0.05) is 20.3 Å². The maximum atomic E-state index is 11.5. The Morgan fingerprint density at radius 1 is 1.27 bits per heavy atom. The van der Waals surface area contributed by atoms with Crippen LogP contribution in [0.1, 0.15) is 39.5 Å². The van der Waals surface area contributed by atoms with Crippen molar-refractivity contribution < 1.29 is 9.59 Å². The number of carbonyl (C=O) groups excluding carboxylic acids is 2. The topological polar surface area (TPSA) is 37.4 Å². The quantitative estimate of drug-likeness (QED) is 0.616. The van der Waals surface area contributed by atoms with Gasteiger partial charge in [-0.05, 0) is 24.7 Å². The highest BCUT2D eigenvalue weighted by atomic mass is 16.2. The molecular formula is C12H17NO2. The molecule has 2 amide bonds. The summed E-state index contributed by atoms with van der Waals surface area (Å²) < 4.78 is 0. The maximum absolute atomic E-state index is 11.5. The third kappa shape index (κ3) is 1.96. The van der Waals surface area contributed by atoms with Crippen LogP contribution >= 0.6 is 0 Å². The predicted molar refractivity (Wildman–Crippen MR) is 57.0 cm³/mol. The molecule has 0 radical (unpaired) electrons. The number of hydrogen-bond donors (Lipinski definition) is 0. The molecule has 0 bridgehead atoms. The Bertz CT molecular complexity index is 313. The Hall–Kier alpha value is -1.12. The van der Waals surface area contributed by atoms with Crippen molar-refractivity contribution in [3.05, 3.63) is 12.2 Å². The van der Waals surface area contributed by atoms with Gasteiger partial charge < -0.3 is 0 Å². The first-order valence-electron chi connectivity index (χ1n) is 5.55. The van der Waals surface area contributed by atoms with Gasteiger partial charge in [0.15, 0.2) is 0 Å². The molecule has 1 aliphatic heterocycles. The van der Waals surface area contributed by atoms with Crippen LogP contribution in [0.25, 0.3) is 0 Å². The van der Waals surface area contributed by atoms with Gasteiger partial charge in [0.25, 0.3) is 11.8 Å². The Morgan fingerprint density at radius 2 is 1.87 bits per heavy atom. The van der Waals surface area contributed by atoms with Crippen LogP contribution in [-0.4, -0.2) is 22.8 Å². The minimum Gasteiger partial charge on any atom is -0.272 e. The van der Waals surface area contributed by atoms with E-state index in [1.165, 1.54) is 23.5 Å². The summed E-state index contributed by atoms with van der Waals surface area (Å²) in [7, 11) is 0. The molecule has 82 valence electrons. The van der Waals surface area contributed by atoms with Crippen molar-refractivity contribution >= 4 is 11.8 Å². The van der Waals surface area contributed by atoms with Crippen molar-refractivity contribution in [3.63, 3.8) is 0 Å². The van der Waals surface area contributed by atoms with Gasteiger partial charge >= 0.3 is 0 Å². The lowest BCUT2D eigenvalue weighted by molar-refractivity contribution is -0.141. The molecule has 2 aliphatic rings. The lowest BCUT2D eigenvalue weighted by atomic mass is 9.74. The number of carbonyl (C=O) groups is 2. The van der Waals surface area contributed by atoms with E-state index in [4.69, 9.17) is 0 Å². The third-order valence-electron chi connectivity index (χ3n) is 3.39. The molecule has 3 heteroatoms. The molecule has 1 unspecified atom stereocenters. The van der Waals surface area contributed by atoms with Crippen molar-refractivity contribution in [2.75, 3.05) is 0 Å². The molecule has 0 aromatic rings. The Labute approximate surface area is 90.1 Å². The molecule has 0 aromatic carbocycles. The summed E-state index contributed by atoms with van der Waals surface area (Å²) in [6.45, 7) is 4.41. The SMILES string of the molecule is CC1(C)CCCC(N2C(=O)C=CC2=O)C1. The standard InChI is InChI=1S/C12H17NO2/c1-12(2)7-3-4-9(8-12)13-10(14)5-6-11(13)15/h5-6,9H,3-4,7-8H2,1-2H3. The fraction of sp³-hybridized carbons (Fsp3) is 0.667. The first kappa shape index (κ1) is 10.4. The number of hydrogen-bond acceptors (Lipinski definition) is 2. The highest BCUT2D eigenvalue weighted by molar-refractivity contribution is 6.13. The number of rotatable bonds is 1. The molecule has 0 N–H and O–H groups in total. The molecule has 1 saturated carbocycles. The predicted octanol–water partition coefficient (Wildman–Crippen LogP) is 1.88. The Morgan fingerprint density at radius 3 is 2.40 bits per heavy atom. The largest absolute Gasteiger partial charge is 0.272 e. The van der Waals surface area contributed by atoms with Crippen molar-refractivity contribution in [2.24, 2.45) is 5.41 Å². The van der Waals surface area contributed by atoms with Gasteiger partial charge in [-0.25, -0.2) is 0 Å². The van der Waals surface area contributed by atoms with E-state index in [0.717, 1.165) is 19.3 Å². The summed E-state index contributed by atoms with van der Waals surface area (Å²) in [5.41, 5.74) is 0.256. The first-order chi connectivity index (χ1) is 6.99. The van der Waals surface area contributed by atoms with E-state index < -0.39 is 0 Å². The van der Waals surface area contributed by atoms with Crippen LogP contribution in [0.2, 0.25) is 0 Å². The minimum atomic E-state index is -0.136. The summed E-state index contributed by atoms with van der Waals surface area (Å²) >= 11 is 0. The van der Waals surface area contributed by atoms with Gasteiger partial charge in [-0.3, -0.25) is 14.5 Å². The second-order valence-corrected chi connectivity index (χ2v) is 5.29. The first-order valence-corrected chi connectivity index (χ1v) is 5.55. The third-order valence-corrected chi connectivity index (χ3v) is 3.39. The number of imide groups is 1. The van der Waals surface area contributed by atoms with Crippen LogP contribution in [0.5, 0.6) is 0 Å². The van der Waals surface area contributed by atoms with E-state index in [2.05, 4.69) is 13.8 Å². The molecule has 1 fully saturated rings. The summed E-state index contributed by atoms with van der Waals surface area (Å²) in [5, 5.41) is 0. The van der Waals surface area contributed by atoms with Crippen LogP contribution in [0.4, 0.5) is 0 Å². The summed E-state index contributed by atoms with van der Waals surface area (Å²) in [6, 6.07) is 0.115. The number of nitrogens with zero attached hydrogens (tertiary/aromatic N) is 1. The second kappa shape index (κ2) is 3.47. The van der Waals surface area contributed by atoms with E-state index in [1.807, 2.05) is 0 Å². The molecule has 3 nitrogen and oxygen atoms in total. The molecule has 1 heterocycles. The lowest BCUT2D eigenvalue weighted by Gasteiger charge is -2.38. The molecule has 15 heavy (non-hydrogen) atoms. The van der Waals surface area contributed by atoms with E-state index >= 15 is 0 Å². The fourth-order valence-corrected chi connectivity index (χ4v) is 2.65. The summed E-state index contributed by atoms with van der Waals surface area (Å²) in [4.78, 5) is 24.5. The summed E-state index contributed by atoms with van der Waals surface area (Å²) in [5.74, 6) is -0.273. The van der Waals surface area contributed by atoms with Crippen molar-refractivity contribution in [2.45, 2.75) is 45.6 Å². The number of amides is 2. The summed E-state index contributed by atoms with van der Waals surface area (Å²) in [6.07, 6.45) is 6.95. The highest BCUT2D eigenvalue weighted by Crippen LogP contribution is 2.37.